The van der Waals surface area contributed by atoms with Crippen LogP contribution in [0.2, 0.25) is 0 Å². The van der Waals surface area contributed by atoms with E-state index in [1.807, 2.05) is 37.3 Å². The normalized spacial score (nSPS) is 22.6. The number of rotatable bonds is 4. The lowest BCUT2D eigenvalue weighted by Gasteiger charge is -2.23. The van der Waals surface area contributed by atoms with Gasteiger partial charge in [0.25, 0.3) is 0 Å². The van der Waals surface area contributed by atoms with Gasteiger partial charge in [-0.25, -0.2) is 8.42 Å². The molecule has 0 amide bonds. The van der Waals surface area contributed by atoms with Crippen LogP contribution in [0, 0.1) is 6.92 Å². The molecule has 1 atom stereocenters. The number of aliphatic hydroxyl groups is 1. The summed E-state index contributed by atoms with van der Waals surface area (Å²) in [6.45, 7) is 4.58. The molecule has 0 bridgehead atoms. The Hall–Kier alpha value is -1.70. The minimum Gasteiger partial charge on any atom is -0.384 e. The lowest BCUT2D eigenvalue weighted by atomic mass is 9.93. The Bertz CT molecular complexity index is 801. The van der Waals surface area contributed by atoms with Gasteiger partial charge in [0.2, 0.25) is 10.0 Å². The molecule has 0 radical (unpaired) electrons. The third-order valence-electron chi connectivity index (χ3n) is 4.37. The van der Waals surface area contributed by atoms with Gasteiger partial charge in [0.15, 0.2) is 0 Å². The number of benzene rings is 1. The third kappa shape index (κ3) is 2.80. The fourth-order valence-electron chi connectivity index (χ4n) is 3.00. The van der Waals surface area contributed by atoms with Crippen LogP contribution in [-0.4, -0.2) is 40.7 Å². The lowest BCUT2D eigenvalue weighted by molar-refractivity contribution is 0.0531. The number of aromatic nitrogens is 2. The van der Waals surface area contributed by atoms with Gasteiger partial charge in [0, 0.05) is 25.8 Å². The smallest absolute Gasteiger partial charge is 0.246 e. The van der Waals surface area contributed by atoms with Gasteiger partial charge in [-0.2, -0.15) is 9.40 Å². The molecule has 124 valence electrons. The van der Waals surface area contributed by atoms with E-state index >= 15 is 0 Å². The van der Waals surface area contributed by atoms with Crippen molar-refractivity contribution in [2.45, 2.75) is 37.3 Å². The molecule has 6 nitrogen and oxygen atoms in total. The molecule has 23 heavy (non-hydrogen) atoms. The van der Waals surface area contributed by atoms with Crippen LogP contribution in [0.1, 0.15) is 24.6 Å². The lowest BCUT2D eigenvalue weighted by Crippen LogP contribution is -2.34. The van der Waals surface area contributed by atoms with Gasteiger partial charge in [-0.1, -0.05) is 30.3 Å². The van der Waals surface area contributed by atoms with E-state index in [-0.39, 0.29) is 11.4 Å². The Labute approximate surface area is 136 Å². The van der Waals surface area contributed by atoms with Crippen molar-refractivity contribution in [2.75, 3.05) is 13.1 Å². The maximum Gasteiger partial charge on any atom is 0.246 e. The predicted octanol–water partition coefficient (Wildman–Crippen LogP) is 1.49. The number of aryl methyl sites for hydroxylation is 2. The summed E-state index contributed by atoms with van der Waals surface area (Å²) in [7, 11) is -3.65. The Morgan fingerprint density at radius 3 is 2.61 bits per heavy atom. The Balaban J connectivity index is 1.90. The van der Waals surface area contributed by atoms with Crippen molar-refractivity contribution in [1.82, 2.24) is 14.1 Å². The molecule has 1 saturated heterocycles. The second-order valence-electron chi connectivity index (χ2n) is 5.92. The molecule has 7 heteroatoms. The quantitative estimate of drug-likeness (QED) is 0.918. The first kappa shape index (κ1) is 16.2. The van der Waals surface area contributed by atoms with Crippen LogP contribution in [0.5, 0.6) is 0 Å². The molecular weight excluding hydrogens is 314 g/mol. The van der Waals surface area contributed by atoms with E-state index in [1.54, 1.807) is 17.8 Å². The number of hydrogen-bond donors (Lipinski definition) is 1. The summed E-state index contributed by atoms with van der Waals surface area (Å²) in [6, 6.07) is 9.23. The molecule has 1 fully saturated rings. The second-order valence-corrected chi connectivity index (χ2v) is 7.83. The fourth-order valence-corrected chi connectivity index (χ4v) is 4.66. The maximum atomic E-state index is 12.9. The zero-order valence-corrected chi connectivity index (χ0v) is 14.1. The molecule has 1 aliphatic rings. The van der Waals surface area contributed by atoms with Crippen molar-refractivity contribution in [2.24, 2.45) is 0 Å². The highest BCUT2D eigenvalue weighted by Gasteiger charge is 2.43. The van der Waals surface area contributed by atoms with E-state index in [2.05, 4.69) is 5.10 Å². The van der Waals surface area contributed by atoms with E-state index in [0.29, 0.717) is 25.2 Å². The first-order chi connectivity index (χ1) is 10.9. The summed E-state index contributed by atoms with van der Waals surface area (Å²) in [4.78, 5) is 0.219. The fraction of sp³-hybridized carbons (Fsp3) is 0.438. The summed E-state index contributed by atoms with van der Waals surface area (Å²) >= 11 is 0. The van der Waals surface area contributed by atoms with Crippen LogP contribution in [0.15, 0.2) is 41.4 Å². The number of sulfonamides is 1. The molecule has 1 aromatic carbocycles. The standard InChI is InChI=1S/C16H21N3O3S/c1-3-18-11-15(13(2)17-18)23(21,22)19-10-9-16(20,12-19)14-7-5-4-6-8-14/h4-8,11,20H,3,9-10,12H2,1-2H3/t16-/m0/s1. The van der Waals surface area contributed by atoms with Crippen molar-refractivity contribution in [3.8, 4) is 0 Å². The summed E-state index contributed by atoms with van der Waals surface area (Å²) in [5.41, 5.74) is 0.101. The molecule has 0 aliphatic carbocycles. The average Bonchev–Trinajstić information content (AvgIpc) is 3.13. The first-order valence-corrected chi connectivity index (χ1v) is 9.13. The van der Waals surface area contributed by atoms with E-state index in [0.717, 1.165) is 5.56 Å². The van der Waals surface area contributed by atoms with Crippen LogP contribution in [0.25, 0.3) is 0 Å². The summed E-state index contributed by atoms with van der Waals surface area (Å²) in [5.74, 6) is 0. The molecule has 0 unspecified atom stereocenters. The molecule has 1 N–H and O–H groups in total. The van der Waals surface area contributed by atoms with Gasteiger partial charge in [0.1, 0.15) is 10.5 Å². The molecule has 2 heterocycles. The van der Waals surface area contributed by atoms with Gasteiger partial charge in [-0.15, -0.1) is 0 Å². The van der Waals surface area contributed by atoms with E-state index in [1.165, 1.54) is 4.31 Å². The van der Waals surface area contributed by atoms with Crippen LogP contribution < -0.4 is 0 Å². The summed E-state index contributed by atoms with van der Waals surface area (Å²) < 4.78 is 28.7. The third-order valence-corrected chi connectivity index (χ3v) is 6.32. The molecule has 1 aliphatic heterocycles. The highest BCUT2D eigenvalue weighted by atomic mass is 32.2. The number of nitrogens with zero attached hydrogens (tertiary/aromatic N) is 3. The van der Waals surface area contributed by atoms with Crippen molar-refractivity contribution >= 4 is 10.0 Å². The molecule has 1 aromatic heterocycles. The summed E-state index contributed by atoms with van der Waals surface area (Å²) in [6.07, 6.45) is 1.95. The van der Waals surface area contributed by atoms with Crippen molar-refractivity contribution in [3.05, 3.63) is 47.8 Å². The van der Waals surface area contributed by atoms with Gasteiger partial charge < -0.3 is 5.11 Å². The monoisotopic (exact) mass is 335 g/mol. The number of hydrogen-bond acceptors (Lipinski definition) is 4. The zero-order chi connectivity index (χ0) is 16.7. The predicted molar refractivity (Wildman–Crippen MR) is 86.4 cm³/mol. The maximum absolute atomic E-state index is 12.9. The highest BCUT2D eigenvalue weighted by Crippen LogP contribution is 2.35. The SMILES string of the molecule is CCn1cc(S(=O)(=O)N2CC[C@@](O)(c3ccccc3)C2)c(C)n1. The van der Waals surface area contributed by atoms with Crippen LogP contribution in [-0.2, 0) is 22.2 Å². The minimum absolute atomic E-state index is 0.0656. The average molecular weight is 335 g/mol. The van der Waals surface area contributed by atoms with Gasteiger partial charge >= 0.3 is 0 Å². The molecular formula is C16H21N3O3S. The molecule has 0 spiro atoms. The zero-order valence-electron chi connectivity index (χ0n) is 13.3. The molecule has 2 aromatic rings. The minimum atomic E-state index is -3.65. The van der Waals surface area contributed by atoms with Crippen LogP contribution in [0.4, 0.5) is 0 Å². The Kier molecular flexibility index (Phi) is 4.03. The van der Waals surface area contributed by atoms with Crippen LogP contribution in [0.3, 0.4) is 0 Å². The highest BCUT2D eigenvalue weighted by molar-refractivity contribution is 7.89. The Morgan fingerprint density at radius 2 is 2.00 bits per heavy atom. The van der Waals surface area contributed by atoms with Crippen molar-refractivity contribution in [1.29, 1.82) is 0 Å². The number of β-amino-alcohol motifs (C(OH)–C–C–N with tert-alkyl or cyclic N) is 1. The van der Waals surface area contributed by atoms with Crippen LogP contribution >= 0.6 is 0 Å². The van der Waals surface area contributed by atoms with Gasteiger partial charge in [0.05, 0.1) is 5.69 Å². The van der Waals surface area contributed by atoms with E-state index in [4.69, 9.17) is 0 Å². The Morgan fingerprint density at radius 1 is 1.30 bits per heavy atom. The second kappa shape index (κ2) is 5.74. The van der Waals surface area contributed by atoms with Gasteiger partial charge in [-0.05, 0) is 25.8 Å². The largest absolute Gasteiger partial charge is 0.384 e. The first-order valence-electron chi connectivity index (χ1n) is 7.69. The van der Waals surface area contributed by atoms with Crippen molar-refractivity contribution in [3.63, 3.8) is 0 Å². The van der Waals surface area contributed by atoms with Crippen molar-refractivity contribution < 1.29 is 13.5 Å². The van der Waals surface area contributed by atoms with E-state index in [9.17, 15) is 13.5 Å². The summed E-state index contributed by atoms with van der Waals surface area (Å²) in [5, 5.41) is 15.0. The van der Waals surface area contributed by atoms with Gasteiger partial charge in [-0.3, -0.25) is 4.68 Å². The molecule has 0 saturated carbocycles. The molecule has 3 rings (SSSR count). The van der Waals surface area contributed by atoms with E-state index < -0.39 is 15.6 Å². The topological polar surface area (TPSA) is 75.4 Å².